The number of benzene rings is 1. The van der Waals surface area contributed by atoms with Gasteiger partial charge in [0.25, 0.3) is 0 Å². The molecule has 1 fully saturated rings. The fourth-order valence-electron chi connectivity index (χ4n) is 2.43. The highest BCUT2D eigenvalue weighted by Gasteiger charge is 2.57. The Labute approximate surface area is 98.6 Å². The van der Waals surface area contributed by atoms with Gasteiger partial charge in [-0.15, -0.1) is 0 Å². The van der Waals surface area contributed by atoms with Crippen LogP contribution in [0.1, 0.15) is 24.0 Å². The van der Waals surface area contributed by atoms with E-state index in [4.69, 9.17) is 17.3 Å². The summed E-state index contributed by atoms with van der Waals surface area (Å²) in [6.45, 7) is 2.13. The van der Waals surface area contributed by atoms with E-state index in [0.29, 0.717) is 5.02 Å². The van der Waals surface area contributed by atoms with Crippen molar-refractivity contribution in [3.63, 3.8) is 0 Å². The van der Waals surface area contributed by atoms with Crippen LogP contribution >= 0.6 is 11.6 Å². The Balaban J connectivity index is 2.36. The molecule has 0 atom stereocenters. The molecular weight excluding hydrogens is 232 g/mol. The third-order valence-electron chi connectivity index (χ3n) is 3.28. The molecule has 1 aromatic rings. The van der Waals surface area contributed by atoms with Gasteiger partial charge in [0.1, 0.15) is 0 Å². The van der Waals surface area contributed by atoms with Crippen LogP contribution < -0.4 is 5.73 Å². The molecule has 1 aliphatic carbocycles. The fourth-order valence-corrected chi connectivity index (χ4v) is 2.87. The minimum absolute atomic E-state index is 0.195. The van der Waals surface area contributed by atoms with E-state index in [0.717, 1.165) is 11.1 Å². The minimum Gasteiger partial charge on any atom is -0.330 e. The van der Waals surface area contributed by atoms with Crippen LogP contribution in [-0.4, -0.2) is 12.5 Å². The first kappa shape index (κ1) is 11.8. The molecule has 16 heavy (non-hydrogen) atoms. The molecule has 88 valence electrons. The van der Waals surface area contributed by atoms with Crippen molar-refractivity contribution in [2.75, 3.05) is 6.54 Å². The van der Waals surface area contributed by atoms with Crippen LogP contribution in [0.2, 0.25) is 5.02 Å². The second-order valence-corrected chi connectivity index (χ2v) is 5.08. The highest BCUT2D eigenvalue weighted by Crippen LogP contribution is 2.54. The molecule has 0 unspecified atom stereocenters. The summed E-state index contributed by atoms with van der Waals surface area (Å²) >= 11 is 6.10. The summed E-state index contributed by atoms with van der Waals surface area (Å²) in [5, 5.41) is 0.543. The quantitative estimate of drug-likeness (QED) is 0.850. The van der Waals surface area contributed by atoms with Crippen molar-refractivity contribution in [2.45, 2.75) is 31.1 Å². The van der Waals surface area contributed by atoms with E-state index >= 15 is 0 Å². The number of aryl methyl sites for hydroxylation is 1. The summed E-state index contributed by atoms with van der Waals surface area (Å²) < 4.78 is 26.0. The number of alkyl halides is 2. The van der Waals surface area contributed by atoms with Crippen LogP contribution in [0.15, 0.2) is 18.2 Å². The van der Waals surface area contributed by atoms with Gasteiger partial charge < -0.3 is 5.73 Å². The summed E-state index contributed by atoms with van der Waals surface area (Å²) in [4.78, 5) is 0. The van der Waals surface area contributed by atoms with Crippen molar-refractivity contribution in [1.82, 2.24) is 0 Å². The third kappa shape index (κ3) is 1.82. The van der Waals surface area contributed by atoms with E-state index in [1.165, 1.54) is 0 Å². The molecule has 4 heteroatoms. The first-order chi connectivity index (χ1) is 7.38. The number of hydrogen-bond donors (Lipinski definition) is 1. The highest BCUT2D eigenvalue weighted by molar-refractivity contribution is 6.31. The third-order valence-corrected chi connectivity index (χ3v) is 3.59. The summed E-state index contributed by atoms with van der Waals surface area (Å²) in [5.41, 5.74) is 6.78. The normalized spacial score (nSPS) is 21.6. The molecule has 0 saturated heterocycles. The molecule has 0 spiro atoms. The Hall–Kier alpha value is -0.670. The molecule has 2 N–H and O–H groups in total. The topological polar surface area (TPSA) is 26.0 Å². The van der Waals surface area contributed by atoms with Crippen LogP contribution in [0.4, 0.5) is 8.78 Å². The summed E-state index contributed by atoms with van der Waals surface area (Å²) in [5.74, 6) is -2.59. The number of rotatable bonds is 2. The van der Waals surface area contributed by atoms with E-state index in [1.54, 1.807) is 6.07 Å². The fraction of sp³-hybridized carbons (Fsp3) is 0.500. The van der Waals surface area contributed by atoms with Crippen molar-refractivity contribution < 1.29 is 8.78 Å². The molecular formula is C12H14ClF2N. The SMILES string of the molecule is Cc1ccc(C2(CN)CC(F)(F)C2)c(Cl)c1. The molecule has 0 amide bonds. The van der Waals surface area contributed by atoms with Gasteiger partial charge in [-0.25, -0.2) is 8.78 Å². The molecule has 1 saturated carbocycles. The van der Waals surface area contributed by atoms with E-state index in [2.05, 4.69) is 0 Å². The molecule has 1 aliphatic rings. The Morgan fingerprint density at radius 2 is 2.00 bits per heavy atom. The maximum Gasteiger partial charge on any atom is 0.250 e. The first-order valence-electron chi connectivity index (χ1n) is 5.23. The van der Waals surface area contributed by atoms with Crippen LogP contribution in [0.25, 0.3) is 0 Å². The lowest BCUT2D eigenvalue weighted by molar-refractivity contribution is -0.123. The Kier molecular flexibility index (Phi) is 2.71. The molecule has 0 bridgehead atoms. The lowest BCUT2D eigenvalue weighted by Crippen LogP contribution is -2.53. The first-order valence-corrected chi connectivity index (χ1v) is 5.61. The lowest BCUT2D eigenvalue weighted by Gasteiger charge is -2.47. The second-order valence-electron chi connectivity index (χ2n) is 4.68. The highest BCUT2D eigenvalue weighted by atomic mass is 35.5. The predicted molar refractivity (Wildman–Crippen MR) is 61.1 cm³/mol. The van der Waals surface area contributed by atoms with Crippen molar-refractivity contribution in [2.24, 2.45) is 5.73 Å². The Bertz CT molecular complexity index is 409. The van der Waals surface area contributed by atoms with Crippen LogP contribution in [0, 0.1) is 6.92 Å². The largest absolute Gasteiger partial charge is 0.330 e. The molecule has 1 nitrogen and oxygen atoms in total. The standard InChI is InChI=1S/C12H14ClF2N/c1-8-2-3-9(10(13)4-8)11(7-16)5-12(14,15)6-11/h2-4H,5-7,16H2,1H3. The van der Waals surface area contributed by atoms with Gasteiger partial charge >= 0.3 is 0 Å². The van der Waals surface area contributed by atoms with Crippen molar-refractivity contribution in [1.29, 1.82) is 0 Å². The summed E-state index contributed by atoms with van der Waals surface area (Å²) in [6.07, 6.45) is -0.390. The van der Waals surface area contributed by atoms with Gasteiger partial charge in [0.05, 0.1) is 0 Å². The smallest absolute Gasteiger partial charge is 0.250 e. The van der Waals surface area contributed by atoms with Gasteiger partial charge in [-0.3, -0.25) is 0 Å². The number of hydrogen-bond acceptors (Lipinski definition) is 1. The van der Waals surface area contributed by atoms with E-state index in [-0.39, 0.29) is 19.4 Å². The van der Waals surface area contributed by atoms with E-state index in [9.17, 15) is 8.78 Å². The zero-order chi connectivity index (χ0) is 12.0. The average Bonchev–Trinajstić information content (AvgIpc) is 2.13. The summed E-state index contributed by atoms with van der Waals surface area (Å²) in [6, 6.07) is 5.50. The average molecular weight is 246 g/mol. The van der Waals surface area contributed by atoms with Gasteiger partial charge in [0.15, 0.2) is 0 Å². The van der Waals surface area contributed by atoms with Crippen LogP contribution in [-0.2, 0) is 5.41 Å². The van der Waals surface area contributed by atoms with Gasteiger partial charge in [-0.05, 0) is 24.1 Å². The van der Waals surface area contributed by atoms with E-state index in [1.807, 2.05) is 19.1 Å². The second kappa shape index (κ2) is 3.67. The van der Waals surface area contributed by atoms with Crippen LogP contribution in [0.5, 0.6) is 0 Å². The van der Waals surface area contributed by atoms with E-state index < -0.39 is 11.3 Å². The molecule has 1 aromatic carbocycles. The molecule has 0 aliphatic heterocycles. The van der Waals surface area contributed by atoms with Crippen molar-refractivity contribution >= 4 is 11.6 Å². The van der Waals surface area contributed by atoms with Gasteiger partial charge in [-0.1, -0.05) is 23.7 Å². The monoisotopic (exact) mass is 245 g/mol. The van der Waals surface area contributed by atoms with Gasteiger partial charge in [0, 0.05) is 29.8 Å². The minimum atomic E-state index is -2.59. The molecule has 0 heterocycles. The molecule has 0 aromatic heterocycles. The zero-order valence-electron chi connectivity index (χ0n) is 9.06. The molecule has 0 radical (unpaired) electrons. The number of nitrogens with two attached hydrogens (primary N) is 1. The van der Waals surface area contributed by atoms with Gasteiger partial charge in [-0.2, -0.15) is 0 Å². The number of halogens is 3. The Morgan fingerprint density at radius 3 is 2.44 bits per heavy atom. The lowest BCUT2D eigenvalue weighted by atomic mass is 9.62. The maximum atomic E-state index is 13.0. The summed E-state index contributed by atoms with van der Waals surface area (Å²) in [7, 11) is 0. The zero-order valence-corrected chi connectivity index (χ0v) is 9.82. The van der Waals surface area contributed by atoms with Gasteiger partial charge in [0.2, 0.25) is 5.92 Å². The Morgan fingerprint density at radius 1 is 1.38 bits per heavy atom. The molecule has 2 rings (SSSR count). The van der Waals surface area contributed by atoms with Crippen molar-refractivity contribution in [3.8, 4) is 0 Å². The van der Waals surface area contributed by atoms with Crippen molar-refractivity contribution in [3.05, 3.63) is 34.3 Å². The maximum absolute atomic E-state index is 13.0. The predicted octanol–water partition coefficient (Wildman–Crippen LogP) is 3.27. The van der Waals surface area contributed by atoms with Crippen LogP contribution in [0.3, 0.4) is 0 Å².